The Kier molecular flexibility index (Phi) is 1.87. The molecule has 0 saturated heterocycles. The number of anilines is 1. The van der Waals surface area contributed by atoms with Crippen molar-refractivity contribution in [3.8, 4) is 0 Å². The molecule has 2 aromatic rings. The third kappa shape index (κ3) is 1.57. The van der Waals surface area contributed by atoms with Gasteiger partial charge in [0, 0.05) is 12.7 Å². The van der Waals surface area contributed by atoms with Crippen molar-refractivity contribution < 1.29 is 0 Å². The Morgan fingerprint density at radius 1 is 1.50 bits per heavy atom. The van der Waals surface area contributed by atoms with E-state index in [1.165, 1.54) is 12.8 Å². The number of thiazole rings is 1. The van der Waals surface area contributed by atoms with E-state index in [0.29, 0.717) is 0 Å². The molecule has 1 aliphatic carbocycles. The molecule has 0 aromatic carbocycles. The maximum absolute atomic E-state index is 4.46. The number of fused-ring (bicyclic) bond motifs is 1. The van der Waals surface area contributed by atoms with Crippen molar-refractivity contribution in [2.45, 2.75) is 12.8 Å². The molecule has 14 heavy (non-hydrogen) atoms. The number of rotatable bonds is 3. The van der Waals surface area contributed by atoms with Gasteiger partial charge in [0.1, 0.15) is 10.3 Å². The fourth-order valence-corrected chi connectivity index (χ4v) is 2.21. The molecule has 0 atom stereocenters. The Labute approximate surface area is 86.2 Å². The average molecular weight is 205 g/mol. The van der Waals surface area contributed by atoms with Crippen LogP contribution in [-0.2, 0) is 0 Å². The minimum Gasteiger partial charge on any atom is -0.361 e. The van der Waals surface area contributed by atoms with E-state index in [1.54, 1.807) is 11.3 Å². The molecule has 0 bridgehead atoms. The van der Waals surface area contributed by atoms with Gasteiger partial charge in [-0.25, -0.2) is 9.97 Å². The predicted molar refractivity (Wildman–Crippen MR) is 58.6 cm³/mol. The molecule has 3 rings (SSSR count). The number of pyridine rings is 1. The van der Waals surface area contributed by atoms with Crippen LogP contribution in [0, 0.1) is 5.92 Å². The third-order valence-electron chi connectivity index (χ3n) is 2.41. The Balaban J connectivity index is 1.82. The van der Waals surface area contributed by atoms with Gasteiger partial charge >= 0.3 is 0 Å². The van der Waals surface area contributed by atoms with E-state index in [2.05, 4.69) is 15.3 Å². The molecule has 2 heterocycles. The van der Waals surface area contributed by atoms with E-state index in [-0.39, 0.29) is 0 Å². The fourth-order valence-electron chi connectivity index (χ4n) is 1.40. The summed E-state index contributed by atoms with van der Waals surface area (Å²) < 4.78 is 0. The van der Waals surface area contributed by atoms with E-state index in [0.717, 1.165) is 27.9 Å². The SMILES string of the molecule is c1cnc2sc(NCC3CC3)nc2c1. The van der Waals surface area contributed by atoms with Crippen molar-refractivity contribution in [1.82, 2.24) is 9.97 Å². The summed E-state index contributed by atoms with van der Waals surface area (Å²) in [5.74, 6) is 0.884. The summed E-state index contributed by atoms with van der Waals surface area (Å²) in [5, 5.41) is 4.37. The fraction of sp³-hybridized carbons (Fsp3) is 0.400. The number of nitrogens with zero attached hydrogens (tertiary/aromatic N) is 2. The van der Waals surface area contributed by atoms with Crippen LogP contribution in [0.25, 0.3) is 10.3 Å². The first-order valence-electron chi connectivity index (χ1n) is 4.87. The number of hydrogen-bond donors (Lipinski definition) is 1. The van der Waals surface area contributed by atoms with E-state index in [9.17, 15) is 0 Å². The predicted octanol–water partition coefficient (Wildman–Crippen LogP) is 2.51. The van der Waals surface area contributed by atoms with E-state index in [1.807, 2.05) is 18.3 Å². The molecule has 0 radical (unpaired) electrons. The maximum Gasteiger partial charge on any atom is 0.185 e. The summed E-state index contributed by atoms with van der Waals surface area (Å²) in [6, 6.07) is 3.92. The summed E-state index contributed by atoms with van der Waals surface area (Å²) in [4.78, 5) is 9.74. The Morgan fingerprint density at radius 2 is 2.43 bits per heavy atom. The second kappa shape index (κ2) is 3.20. The van der Waals surface area contributed by atoms with Crippen molar-refractivity contribution in [2.24, 2.45) is 5.92 Å². The molecule has 0 spiro atoms. The number of aromatic nitrogens is 2. The van der Waals surface area contributed by atoms with Crippen molar-refractivity contribution in [3.05, 3.63) is 18.3 Å². The zero-order valence-electron chi connectivity index (χ0n) is 7.73. The highest BCUT2D eigenvalue weighted by Crippen LogP contribution is 2.30. The van der Waals surface area contributed by atoms with Gasteiger partial charge in [-0.05, 0) is 30.9 Å². The Bertz CT molecular complexity index is 414. The van der Waals surface area contributed by atoms with Crippen LogP contribution in [0.3, 0.4) is 0 Å². The van der Waals surface area contributed by atoms with Crippen molar-refractivity contribution in [2.75, 3.05) is 11.9 Å². The smallest absolute Gasteiger partial charge is 0.185 e. The molecule has 1 saturated carbocycles. The van der Waals surface area contributed by atoms with Gasteiger partial charge in [-0.15, -0.1) is 0 Å². The Hall–Kier alpha value is -1.16. The maximum atomic E-state index is 4.46. The van der Waals surface area contributed by atoms with Crippen molar-refractivity contribution in [3.63, 3.8) is 0 Å². The van der Waals surface area contributed by atoms with Gasteiger partial charge in [-0.1, -0.05) is 11.3 Å². The standard InChI is InChI=1S/C10H11N3S/c1-2-8-9(11-5-1)14-10(13-8)12-6-7-3-4-7/h1-2,5,7H,3-4,6H2,(H,12,13). The van der Waals surface area contributed by atoms with Crippen LogP contribution in [0.5, 0.6) is 0 Å². The van der Waals surface area contributed by atoms with Gasteiger partial charge in [0.25, 0.3) is 0 Å². The van der Waals surface area contributed by atoms with Crippen LogP contribution < -0.4 is 5.32 Å². The van der Waals surface area contributed by atoms with Gasteiger partial charge < -0.3 is 5.32 Å². The zero-order chi connectivity index (χ0) is 9.38. The van der Waals surface area contributed by atoms with Crippen molar-refractivity contribution in [1.29, 1.82) is 0 Å². The highest BCUT2D eigenvalue weighted by molar-refractivity contribution is 7.21. The summed E-state index contributed by atoms with van der Waals surface area (Å²) >= 11 is 1.63. The van der Waals surface area contributed by atoms with E-state index >= 15 is 0 Å². The molecule has 0 unspecified atom stereocenters. The molecule has 2 aromatic heterocycles. The lowest BCUT2D eigenvalue weighted by atomic mass is 10.4. The summed E-state index contributed by atoms with van der Waals surface area (Å²) in [6.07, 6.45) is 4.55. The van der Waals surface area contributed by atoms with Crippen LogP contribution in [0.4, 0.5) is 5.13 Å². The molecule has 1 aliphatic rings. The summed E-state index contributed by atoms with van der Waals surface area (Å²) in [6.45, 7) is 1.07. The molecule has 3 nitrogen and oxygen atoms in total. The number of hydrogen-bond acceptors (Lipinski definition) is 4. The molecule has 0 amide bonds. The first kappa shape index (κ1) is 8.17. The van der Waals surface area contributed by atoms with Gasteiger partial charge in [-0.2, -0.15) is 0 Å². The van der Waals surface area contributed by atoms with Crippen LogP contribution in [0.15, 0.2) is 18.3 Å². The second-order valence-corrected chi connectivity index (χ2v) is 4.65. The zero-order valence-corrected chi connectivity index (χ0v) is 8.55. The molecule has 4 heteroatoms. The van der Waals surface area contributed by atoms with Gasteiger partial charge in [0.15, 0.2) is 5.13 Å². The minimum absolute atomic E-state index is 0.884. The highest BCUT2D eigenvalue weighted by Gasteiger charge is 2.21. The van der Waals surface area contributed by atoms with Crippen LogP contribution in [0.1, 0.15) is 12.8 Å². The van der Waals surface area contributed by atoms with Crippen LogP contribution in [-0.4, -0.2) is 16.5 Å². The lowest BCUT2D eigenvalue weighted by Gasteiger charge is -1.97. The third-order valence-corrected chi connectivity index (χ3v) is 3.34. The van der Waals surface area contributed by atoms with Crippen LogP contribution in [0.2, 0.25) is 0 Å². The summed E-state index contributed by atoms with van der Waals surface area (Å²) in [7, 11) is 0. The molecule has 1 fully saturated rings. The highest BCUT2D eigenvalue weighted by atomic mass is 32.1. The number of nitrogens with one attached hydrogen (secondary N) is 1. The molecular formula is C10H11N3S. The molecule has 1 N–H and O–H groups in total. The first-order valence-corrected chi connectivity index (χ1v) is 5.69. The Morgan fingerprint density at radius 3 is 3.21 bits per heavy atom. The van der Waals surface area contributed by atoms with Crippen molar-refractivity contribution >= 4 is 26.8 Å². The topological polar surface area (TPSA) is 37.8 Å². The molecule has 0 aliphatic heterocycles. The largest absolute Gasteiger partial charge is 0.361 e. The van der Waals surface area contributed by atoms with Gasteiger partial charge in [0.05, 0.1) is 0 Å². The molecular weight excluding hydrogens is 194 g/mol. The first-order chi connectivity index (χ1) is 6.92. The quantitative estimate of drug-likeness (QED) is 0.836. The average Bonchev–Trinajstić information content (AvgIpc) is 2.94. The lowest BCUT2D eigenvalue weighted by Crippen LogP contribution is -2.01. The normalized spacial score (nSPS) is 16.0. The monoisotopic (exact) mass is 205 g/mol. The molecule has 72 valence electrons. The van der Waals surface area contributed by atoms with E-state index in [4.69, 9.17) is 0 Å². The lowest BCUT2D eigenvalue weighted by molar-refractivity contribution is 0.888. The van der Waals surface area contributed by atoms with E-state index < -0.39 is 0 Å². The second-order valence-electron chi connectivity index (χ2n) is 3.67. The van der Waals surface area contributed by atoms with Gasteiger partial charge in [-0.3, -0.25) is 0 Å². The van der Waals surface area contributed by atoms with Gasteiger partial charge in [0.2, 0.25) is 0 Å². The van der Waals surface area contributed by atoms with Crippen LogP contribution >= 0.6 is 11.3 Å². The summed E-state index contributed by atoms with van der Waals surface area (Å²) in [5.41, 5.74) is 0.996. The minimum atomic E-state index is 0.884.